The van der Waals surface area contributed by atoms with E-state index in [0.29, 0.717) is 6.04 Å². The second kappa shape index (κ2) is 8.18. The van der Waals surface area contributed by atoms with E-state index in [4.69, 9.17) is 10.6 Å². The molecule has 1 saturated carbocycles. The van der Waals surface area contributed by atoms with Crippen molar-refractivity contribution in [3.05, 3.63) is 30.3 Å². The van der Waals surface area contributed by atoms with Crippen molar-refractivity contribution in [1.29, 1.82) is 0 Å². The number of hydrogen-bond donors (Lipinski definition) is 2. The number of nitrogens with two attached hydrogens (primary N) is 1. The lowest BCUT2D eigenvalue weighted by Gasteiger charge is -2.26. The molecule has 0 heterocycles. The molecule has 106 valence electrons. The Labute approximate surface area is 116 Å². The molecule has 1 atom stereocenters. The maximum absolute atomic E-state index is 5.73. The number of hydrazine groups is 1. The first kappa shape index (κ1) is 14.4. The summed E-state index contributed by atoms with van der Waals surface area (Å²) in [4.78, 5) is 0. The predicted octanol–water partition coefficient (Wildman–Crippen LogP) is 3.26. The van der Waals surface area contributed by atoms with Gasteiger partial charge in [-0.2, -0.15) is 0 Å². The average molecular weight is 262 g/mol. The second-order valence-electron chi connectivity index (χ2n) is 5.55. The summed E-state index contributed by atoms with van der Waals surface area (Å²) in [7, 11) is 0. The lowest BCUT2D eigenvalue weighted by Crippen LogP contribution is -2.38. The molecule has 1 aliphatic carbocycles. The van der Waals surface area contributed by atoms with Crippen molar-refractivity contribution in [1.82, 2.24) is 5.43 Å². The summed E-state index contributed by atoms with van der Waals surface area (Å²) in [6, 6.07) is 10.4. The van der Waals surface area contributed by atoms with Crippen molar-refractivity contribution in [2.75, 3.05) is 6.61 Å². The van der Waals surface area contributed by atoms with E-state index in [1.165, 1.54) is 38.5 Å². The number of ether oxygens (including phenoxy) is 1. The smallest absolute Gasteiger partial charge is 0.119 e. The molecule has 0 radical (unpaired) electrons. The first-order chi connectivity index (χ1) is 9.38. The molecular formula is C16H26N2O. The molecule has 1 aromatic rings. The largest absolute Gasteiger partial charge is 0.494 e. The molecule has 0 saturated heterocycles. The van der Waals surface area contributed by atoms with Gasteiger partial charge in [-0.05, 0) is 30.9 Å². The summed E-state index contributed by atoms with van der Waals surface area (Å²) < 4.78 is 5.73. The zero-order valence-corrected chi connectivity index (χ0v) is 11.7. The van der Waals surface area contributed by atoms with Crippen LogP contribution in [-0.4, -0.2) is 12.6 Å². The van der Waals surface area contributed by atoms with E-state index in [-0.39, 0.29) is 0 Å². The topological polar surface area (TPSA) is 47.3 Å². The van der Waals surface area contributed by atoms with Gasteiger partial charge in [0.15, 0.2) is 0 Å². The fourth-order valence-electron chi connectivity index (χ4n) is 2.93. The van der Waals surface area contributed by atoms with Crippen molar-refractivity contribution >= 4 is 0 Å². The van der Waals surface area contributed by atoms with Crippen LogP contribution in [0.4, 0.5) is 0 Å². The Morgan fingerprint density at radius 1 is 1.16 bits per heavy atom. The molecule has 0 amide bonds. The first-order valence-electron chi connectivity index (χ1n) is 7.52. The molecule has 0 bridgehead atoms. The van der Waals surface area contributed by atoms with Crippen LogP contribution in [-0.2, 0) is 0 Å². The minimum Gasteiger partial charge on any atom is -0.494 e. The van der Waals surface area contributed by atoms with Crippen LogP contribution < -0.4 is 16.0 Å². The average Bonchev–Trinajstić information content (AvgIpc) is 2.48. The molecule has 0 aromatic heterocycles. The Morgan fingerprint density at radius 2 is 1.89 bits per heavy atom. The molecular weight excluding hydrogens is 236 g/mol. The van der Waals surface area contributed by atoms with Gasteiger partial charge in [-0.1, -0.05) is 50.3 Å². The van der Waals surface area contributed by atoms with Crippen LogP contribution in [0.1, 0.15) is 44.9 Å². The van der Waals surface area contributed by atoms with Crippen LogP contribution in [0, 0.1) is 5.92 Å². The van der Waals surface area contributed by atoms with E-state index < -0.39 is 0 Å². The van der Waals surface area contributed by atoms with Gasteiger partial charge in [-0.25, -0.2) is 0 Å². The Hall–Kier alpha value is -1.06. The van der Waals surface area contributed by atoms with Crippen molar-refractivity contribution in [3.63, 3.8) is 0 Å². The summed E-state index contributed by atoms with van der Waals surface area (Å²) in [6.07, 6.45) is 9.10. The Balaban J connectivity index is 1.67. The predicted molar refractivity (Wildman–Crippen MR) is 78.9 cm³/mol. The molecule has 3 heteroatoms. The second-order valence-corrected chi connectivity index (χ2v) is 5.55. The van der Waals surface area contributed by atoms with E-state index >= 15 is 0 Å². The van der Waals surface area contributed by atoms with Crippen molar-refractivity contribution < 1.29 is 4.74 Å². The van der Waals surface area contributed by atoms with E-state index in [0.717, 1.165) is 24.7 Å². The summed E-state index contributed by atoms with van der Waals surface area (Å²) in [5.41, 5.74) is 2.96. The van der Waals surface area contributed by atoms with Crippen molar-refractivity contribution in [2.24, 2.45) is 11.8 Å². The highest BCUT2D eigenvalue weighted by Crippen LogP contribution is 2.27. The van der Waals surface area contributed by atoms with Gasteiger partial charge in [0, 0.05) is 6.04 Å². The summed E-state index contributed by atoms with van der Waals surface area (Å²) in [6.45, 7) is 0.728. The molecule has 0 aliphatic heterocycles. The third-order valence-corrected chi connectivity index (χ3v) is 4.06. The van der Waals surface area contributed by atoms with Gasteiger partial charge < -0.3 is 4.74 Å². The van der Waals surface area contributed by atoms with Crippen LogP contribution >= 0.6 is 0 Å². The number of para-hydroxylation sites is 1. The zero-order chi connectivity index (χ0) is 13.3. The van der Waals surface area contributed by atoms with Gasteiger partial charge in [0.1, 0.15) is 5.75 Å². The molecule has 1 aliphatic rings. The number of rotatable bonds is 7. The van der Waals surface area contributed by atoms with E-state index in [1.54, 1.807) is 0 Å². The minimum atomic E-state index is 0.381. The molecule has 1 unspecified atom stereocenters. The molecule has 3 N–H and O–H groups in total. The number of hydrogen-bond acceptors (Lipinski definition) is 3. The number of benzene rings is 1. The molecule has 0 spiro atoms. The monoisotopic (exact) mass is 262 g/mol. The highest BCUT2D eigenvalue weighted by atomic mass is 16.5. The van der Waals surface area contributed by atoms with Gasteiger partial charge in [0.2, 0.25) is 0 Å². The normalized spacial score (nSPS) is 18.2. The summed E-state index contributed by atoms with van der Waals surface area (Å²) >= 11 is 0. The molecule has 3 nitrogen and oxygen atoms in total. The fraction of sp³-hybridized carbons (Fsp3) is 0.625. The van der Waals surface area contributed by atoms with Crippen LogP contribution in [0.15, 0.2) is 30.3 Å². The standard InChI is InChI=1S/C16H26N2O/c17-18-15(13-14-7-3-1-4-8-14)11-12-19-16-9-5-2-6-10-16/h2,5-6,9-10,14-15,18H,1,3-4,7-8,11-13,17H2. The lowest BCUT2D eigenvalue weighted by atomic mass is 9.84. The minimum absolute atomic E-state index is 0.381. The first-order valence-corrected chi connectivity index (χ1v) is 7.52. The molecule has 1 fully saturated rings. The third-order valence-electron chi connectivity index (χ3n) is 4.06. The van der Waals surface area contributed by atoms with Gasteiger partial charge in [-0.3, -0.25) is 11.3 Å². The summed E-state index contributed by atoms with van der Waals surface area (Å²) in [5, 5.41) is 0. The maximum Gasteiger partial charge on any atom is 0.119 e. The van der Waals surface area contributed by atoms with E-state index in [1.807, 2.05) is 30.3 Å². The maximum atomic E-state index is 5.73. The lowest BCUT2D eigenvalue weighted by molar-refractivity contribution is 0.248. The van der Waals surface area contributed by atoms with E-state index in [9.17, 15) is 0 Å². The van der Waals surface area contributed by atoms with Gasteiger partial charge in [0.05, 0.1) is 6.61 Å². The highest BCUT2D eigenvalue weighted by molar-refractivity contribution is 5.20. The fourth-order valence-corrected chi connectivity index (χ4v) is 2.93. The Kier molecular flexibility index (Phi) is 6.18. The third kappa shape index (κ3) is 5.21. The van der Waals surface area contributed by atoms with E-state index in [2.05, 4.69) is 5.43 Å². The van der Waals surface area contributed by atoms with Gasteiger partial charge >= 0.3 is 0 Å². The van der Waals surface area contributed by atoms with Crippen molar-refractivity contribution in [2.45, 2.75) is 51.0 Å². The number of nitrogens with one attached hydrogen (secondary N) is 1. The van der Waals surface area contributed by atoms with Gasteiger partial charge in [-0.15, -0.1) is 0 Å². The quantitative estimate of drug-likeness (QED) is 0.585. The molecule has 1 aromatic carbocycles. The van der Waals surface area contributed by atoms with Crippen LogP contribution in [0.3, 0.4) is 0 Å². The van der Waals surface area contributed by atoms with Crippen LogP contribution in [0.2, 0.25) is 0 Å². The SMILES string of the molecule is NNC(CCOc1ccccc1)CC1CCCCC1. The summed E-state index contributed by atoms with van der Waals surface area (Å²) in [5.74, 6) is 7.46. The van der Waals surface area contributed by atoms with Crippen LogP contribution in [0.5, 0.6) is 5.75 Å². The highest BCUT2D eigenvalue weighted by Gasteiger charge is 2.18. The molecule has 19 heavy (non-hydrogen) atoms. The Bertz CT molecular complexity index is 336. The molecule has 2 rings (SSSR count). The zero-order valence-electron chi connectivity index (χ0n) is 11.7. The van der Waals surface area contributed by atoms with Crippen molar-refractivity contribution in [3.8, 4) is 5.75 Å². The Morgan fingerprint density at radius 3 is 2.58 bits per heavy atom. The van der Waals surface area contributed by atoms with Crippen LogP contribution in [0.25, 0.3) is 0 Å². The van der Waals surface area contributed by atoms with Gasteiger partial charge in [0.25, 0.3) is 0 Å².